The number of ether oxygens (including phenoxy) is 2. The van der Waals surface area contributed by atoms with E-state index in [0.29, 0.717) is 5.56 Å². The summed E-state index contributed by atoms with van der Waals surface area (Å²) >= 11 is 1.57. The van der Waals surface area contributed by atoms with Gasteiger partial charge in [0.2, 0.25) is 0 Å². The molecule has 3 heteroatoms. The van der Waals surface area contributed by atoms with E-state index in [9.17, 15) is 0 Å². The molecule has 0 fully saturated rings. The molecule has 1 aromatic carbocycles. The van der Waals surface area contributed by atoms with Crippen molar-refractivity contribution < 1.29 is 9.47 Å². The van der Waals surface area contributed by atoms with Crippen LogP contribution in [-0.4, -0.2) is 20.5 Å². The number of methoxy groups -OCH3 is 2. The number of hydrogen-bond acceptors (Lipinski definition) is 3. The molecular formula is C10H12O2S. The Balaban J connectivity index is 3.25. The van der Waals surface area contributed by atoms with Crippen molar-refractivity contribution in [1.82, 2.24) is 0 Å². The van der Waals surface area contributed by atoms with Crippen LogP contribution < -0.4 is 9.47 Å². The summed E-state index contributed by atoms with van der Waals surface area (Å²) in [5, 5.41) is 0. The van der Waals surface area contributed by atoms with Crippen LogP contribution in [0.1, 0.15) is 5.56 Å². The van der Waals surface area contributed by atoms with Crippen LogP contribution >= 0.6 is 11.8 Å². The van der Waals surface area contributed by atoms with Crippen molar-refractivity contribution >= 4 is 11.8 Å². The van der Waals surface area contributed by atoms with Crippen molar-refractivity contribution in [3.63, 3.8) is 0 Å². The van der Waals surface area contributed by atoms with Crippen molar-refractivity contribution in [1.29, 1.82) is 0 Å². The van der Waals surface area contributed by atoms with Crippen molar-refractivity contribution in [2.24, 2.45) is 0 Å². The molecule has 0 aliphatic rings. The second-order valence-electron chi connectivity index (χ2n) is 2.46. The Labute approximate surface area is 83.2 Å². The van der Waals surface area contributed by atoms with Crippen molar-refractivity contribution in [3.05, 3.63) is 24.6 Å². The summed E-state index contributed by atoms with van der Waals surface area (Å²) in [6.45, 7) is 5.66. The van der Waals surface area contributed by atoms with Gasteiger partial charge >= 0.3 is 0 Å². The average molecular weight is 196 g/mol. The molecule has 0 saturated heterocycles. The molecule has 0 amide bonds. The Morgan fingerprint density at radius 3 is 1.92 bits per heavy atom. The van der Waals surface area contributed by atoms with E-state index in [1.807, 2.05) is 6.26 Å². The van der Waals surface area contributed by atoms with Crippen LogP contribution in [0.2, 0.25) is 0 Å². The predicted molar refractivity (Wildman–Crippen MR) is 54.7 cm³/mol. The molecule has 0 saturated carbocycles. The molecule has 2 radical (unpaired) electrons. The van der Waals surface area contributed by atoms with E-state index in [-0.39, 0.29) is 0 Å². The largest absolute Gasteiger partial charge is 0.495 e. The highest BCUT2D eigenvalue weighted by molar-refractivity contribution is 7.98. The van der Waals surface area contributed by atoms with Gasteiger partial charge in [0.25, 0.3) is 0 Å². The zero-order valence-corrected chi connectivity index (χ0v) is 8.77. The van der Waals surface area contributed by atoms with Gasteiger partial charge in [0.05, 0.1) is 19.1 Å². The summed E-state index contributed by atoms with van der Waals surface area (Å²) in [5.74, 6) is 1.51. The summed E-state index contributed by atoms with van der Waals surface area (Å²) in [7, 11) is 3.24. The monoisotopic (exact) mass is 196 g/mol. The first-order valence-corrected chi connectivity index (χ1v) is 5.01. The summed E-state index contributed by atoms with van der Waals surface area (Å²) in [5.41, 5.74) is 0.645. The van der Waals surface area contributed by atoms with E-state index < -0.39 is 0 Å². The van der Waals surface area contributed by atoms with Crippen LogP contribution in [0.15, 0.2) is 17.0 Å². The van der Waals surface area contributed by atoms with Gasteiger partial charge in [0.1, 0.15) is 11.5 Å². The molecule has 0 aliphatic carbocycles. The lowest BCUT2D eigenvalue weighted by Crippen LogP contribution is -1.92. The van der Waals surface area contributed by atoms with Gasteiger partial charge < -0.3 is 9.47 Å². The number of rotatable bonds is 3. The second-order valence-corrected chi connectivity index (χ2v) is 3.28. The zero-order chi connectivity index (χ0) is 9.84. The lowest BCUT2D eigenvalue weighted by Gasteiger charge is -2.11. The quantitative estimate of drug-likeness (QED) is 0.692. The third kappa shape index (κ3) is 2.10. The number of hydrogen-bond donors (Lipinski definition) is 0. The average Bonchev–Trinajstić information content (AvgIpc) is 2.16. The maximum absolute atomic E-state index is 5.66. The highest BCUT2D eigenvalue weighted by Crippen LogP contribution is 2.37. The number of thioether (sulfide) groups is 1. The Morgan fingerprint density at radius 2 is 1.62 bits per heavy atom. The molecule has 1 aromatic rings. The number of benzene rings is 1. The summed E-state index contributed by atoms with van der Waals surface area (Å²) in [6.07, 6.45) is 1.97. The molecule has 13 heavy (non-hydrogen) atoms. The fraction of sp³-hybridized carbons (Fsp3) is 0.300. The van der Waals surface area contributed by atoms with Gasteiger partial charge in [-0.1, -0.05) is 0 Å². The summed E-state index contributed by atoms with van der Waals surface area (Å²) in [6, 6.07) is 3.57. The highest BCUT2D eigenvalue weighted by atomic mass is 32.2. The standard InChI is InChI=1S/C10H12O2S/c1-7-5-8(11-2)10(13-4)9(6-7)12-3/h1,5-6H,2-4H3. The van der Waals surface area contributed by atoms with Gasteiger partial charge in [-0.2, -0.15) is 0 Å². The smallest absolute Gasteiger partial charge is 0.136 e. The van der Waals surface area contributed by atoms with Gasteiger partial charge in [-0.15, -0.1) is 11.8 Å². The van der Waals surface area contributed by atoms with E-state index in [0.717, 1.165) is 16.4 Å². The minimum atomic E-state index is 0.645. The molecule has 0 unspecified atom stereocenters. The summed E-state index contributed by atoms with van der Waals surface area (Å²) in [4.78, 5) is 0.971. The third-order valence-corrected chi connectivity index (χ3v) is 2.50. The minimum absolute atomic E-state index is 0.645. The van der Waals surface area contributed by atoms with E-state index in [2.05, 4.69) is 0 Å². The fourth-order valence-corrected chi connectivity index (χ4v) is 1.79. The summed E-state index contributed by atoms with van der Waals surface area (Å²) < 4.78 is 10.4. The molecule has 0 atom stereocenters. The highest BCUT2D eigenvalue weighted by Gasteiger charge is 2.09. The van der Waals surface area contributed by atoms with E-state index in [4.69, 9.17) is 16.4 Å². The third-order valence-electron chi connectivity index (χ3n) is 1.69. The van der Waals surface area contributed by atoms with Crippen LogP contribution in [0.5, 0.6) is 11.5 Å². The van der Waals surface area contributed by atoms with Crippen LogP contribution in [0.3, 0.4) is 0 Å². The Hall–Kier alpha value is -0.830. The molecule has 0 N–H and O–H groups in total. The zero-order valence-electron chi connectivity index (χ0n) is 7.96. The van der Waals surface area contributed by atoms with Gasteiger partial charge in [-0.3, -0.25) is 0 Å². The molecule has 70 valence electrons. The van der Waals surface area contributed by atoms with Crippen LogP contribution in [-0.2, 0) is 0 Å². The second kappa shape index (κ2) is 4.42. The van der Waals surface area contributed by atoms with Gasteiger partial charge in [-0.05, 0) is 30.9 Å². The van der Waals surface area contributed by atoms with Gasteiger partial charge in [-0.25, -0.2) is 0 Å². The molecule has 0 spiro atoms. The normalized spacial score (nSPS) is 9.85. The van der Waals surface area contributed by atoms with Gasteiger partial charge in [0.15, 0.2) is 0 Å². The molecule has 0 aliphatic heterocycles. The Morgan fingerprint density at radius 1 is 1.15 bits per heavy atom. The van der Waals surface area contributed by atoms with E-state index in [1.165, 1.54) is 0 Å². The maximum atomic E-state index is 5.66. The predicted octanol–water partition coefficient (Wildman–Crippen LogP) is 2.48. The molecule has 2 nitrogen and oxygen atoms in total. The molecule has 1 rings (SSSR count). The lowest BCUT2D eigenvalue weighted by atomic mass is 10.2. The lowest BCUT2D eigenvalue weighted by molar-refractivity contribution is 0.376. The Kier molecular flexibility index (Phi) is 3.48. The minimum Gasteiger partial charge on any atom is -0.495 e. The molecule has 0 aromatic heterocycles. The molecular weight excluding hydrogens is 184 g/mol. The van der Waals surface area contributed by atoms with Crippen molar-refractivity contribution in [2.75, 3.05) is 20.5 Å². The SMILES string of the molecule is [CH]c1cc(OC)c(SC)c(OC)c1. The first-order valence-electron chi connectivity index (χ1n) is 3.78. The molecule has 0 bridgehead atoms. The van der Waals surface area contributed by atoms with Crippen LogP contribution in [0.4, 0.5) is 0 Å². The first kappa shape index (κ1) is 10.3. The maximum Gasteiger partial charge on any atom is 0.136 e. The molecule has 0 heterocycles. The Bertz CT molecular complexity index is 272. The van der Waals surface area contributed by atoms with E-state index in [1.54, 1.807) is 38.1 Å². The van der Waals surface area contributed by atoms with Crippen LogP contribution in [0, 0.1) is 6.92 Å². The topological polar surface area (TPSA) is 18.5 Å². The van der Waals surface area contributed by atoms with Crippen LogP contribution in [0.25, 0.3) is 0 Å². The fourth-order valence-electron chi connectivity index (χ4n) is 1.10. The van der Waals surface area contributed by atoms with Crippen molar-refractivity contribution in [2.45, 2.75) is 4.90 Å². The first-order chi connectivity index (χ1) is 6.22. The van der Waals surface area contributed by atoms with Crippen molar-refractivity contribution in [3.8, 4) is 11.5 Å². The van der Waals surface area contributed by atoms with E-state index >= 15 is 0 Å². The van der Waals surface area contributed by atoms with Gasteiger partial charge in [0, 0.05) is 0 Å².